The molecule has 0 fully saturated rings. The topological polar surface area (TPSA) is 54.4 Å². The molecule has 0 heterocycles. The first kappa shape index (κ1) is 16.0. The number of aromatic carboxylic acids is 1. The molecule has 0 bridgehead atoms. The van der Waals surface area contributed by atoms with Gasteiger partial charge < -0.3 is 5.11 Å². The number of hydrogen-bond donors (Lipinski definition) is 1. The Morgan fingerprint density at radius 3 is 2.47 bits per heavy atom. The van der Waals surface area contributed by atoms with E-state index in [0.29, 0.717) is 6.42 Å². The van der Waals surface area contributed by atoms with Crippen molar-refractivity contribution in [1.82, 2.24) is 0 Å². The van der Waals surface area contributed by atoms with E-state index in [-0.39, 0.29) is 15.0 Å². The Kier molecular flexibility index (Phi) is 4.98. The van der Waals surface area contributed by atoms with Crippen LogP contribution in [0.4, 0.5) is 4.39 Å². The number of carbonyl (C=O) groups is 2. The molecule has 1 aromatic carbocycles. The molecule has 0 spiro atoms. The fourth-order valence-electron chi connectivity index (χ4n) is 1.15. The Morgan fingerprint density at radius 2 is 2.00 bits per heavy atom. The van der Waals surface area contributed by atoms with Crippen LogP contribution in [0.5, 0.6) is 0 Å². The third-order valence-electron chi connectivity index (χ3n) is 2.89. The first-order valence-corrected chi connectivity index (χ1v) is 6.83. The molecule has 0 radical (unpaired) electrons. The lowest BCUT2D eigenvalue weighted by atomic mass is 9.92. The van der Waals surface area contributed by atoms with Crippen molar-refractivity contribution in [1.29, 1.82) is 0 Å². The highest BCUT2D eigenvalue weighted by molar-refractivity contribution is 8.13. The predicted molar refractivity (Wildman–Crippen MR) is 73.3 cm³/mol. The molecular formula is C13H14ClFO3S. The SMILES string of the molecule is CCC(C)(C)C(=O)Sc1cc(C(=O)O)c(F)cc1Cl. The van der Waals surface area contributed by atoms with E-state index in [1.807, 2.05) is 6.92 Å². The highest BCUT2D eigenvalue weighted by Crippen LogP contribution is 2.36. The van der Waals surface area contributed by atoms with Gasteiger partial charge in [-0.2, -0.15) is 0 Å². The zero-order valence-electron chi connectivity index (χ0n) is 10.8. The fraction of sp³-hybridized carbons (Fsp3) is 0.385. The molecular weight excluding hydrogens is 291 g/mol. The van der Waals surface area contributed by atoms with Crippen molar-refractivity contribution in [3.63, 3.8) is 0 Å². The molecule has 0 saturated carbocycles. The van der Waals surface area contributed by atoms with Crippen molar-refractivity contribution in [3.8, 4) is 0 Å². The Hall–Kier alpha value is -1.07. The van der Waals surface area contributed by atoms with Crippen LogP contribution in [-0.2, 0) is 4.79 Å². The number of carbonyl (C=O) groups excluding carboxylic acids is 1. The highest BCUT2D eigenvalue weighted by atomic mass is 35.5. The van der Waals surface area contributed by atoms with E-state index < -0.39 is 22.8 Å². The molecule has 0 atom stereocenters. The Morgan fingerprint density at radius 1 is 1.42 bits per heavy atom. The predicted octanol–water partition coefficient (Wildman–Crippen LogP) is 4.23. The second-order valence-electron chi connectivity index (χ2n) is 4.69. The normalized spacial score (nSPS) is 11.4. The first-order chi connectivity index (χ1) is 8.69. The fourth-order valence-corrected chi connectivity index (χ4v) is 2.37. The van der Waals surface area contributed by atoms with Crippen LogP contribution in [0.25, 0.3) is 0 Å². The number of benzene rings is 1. The molecule has 3 nitrogen and oxygen atoms in total. The van der Waals surface area contributed by atoms with Gasteiger partial charge in [-0.05, 0) is 30.3 Å². The minimum absolute atomic E-state index is 0.0350. The van der Waals surface area contributed by atoms with Gasteiger partial charge >= 0.3 is 5.97 Å². The van der Waals surface area contributed by atoms with E-state index in [1.54, 1.807) is 13.8 Å². The Labute approximate surface area is 120 Å². The molecule has 0 amide bonds. The van der Waals surface area contributed by atoms with Crippen LogP contribution >= 0.6 is 23.4 Å². The van der Waals surface area contributed by atoms with E-state index >= 15 is 0 Å². The molecule has 0 aliphatic carbocycles. The number of halogens is 2. The molecule has 6 heteroatoms. The van der Waals surface area contributed by atoms with Gasteiger partial charge in [0.2, 0.25) is 0 Å². The molecule has 0 unspecified atom stereocenters. The Balaban J connectivity index is 3.12. The molecule has 1 N–H and O–H groups in total. The molecule has 19 heavy (non-hydrogen) atoms. The van der Waals surface area contributed by atoms with Gasteiger partial charge in [0.1, 0.15) is 5.82 Å². The summed E-state index contributed by atoms with van der Waals surface area (Å²) in [5, 5.41) is 8.74. The lowest BCUT2D eigenvalue weighted by molar-refractivity contribution is -0.118. The van der Waals surface area contributed by atoms with Crippen molar-refractivity contribution in [2.45, 2.75) is 32.1 Å². The standard InChI is InChI=1S/C13H14ClFO3S/c1-4-13(2,3)12(18)19-10-5-7(11(16)17)9(15)6-8(10)14/h5-6H,4H2,1-3H3,(H,16,17). The van der Waals surface area contributed by atoms with Crippen LogP contribution in [0.2, 0.25) is 5.02 Å². The monoisotopic (exact) mass is 304 g/mol. The minimum Gasteiger partial charge on any atom is -0.478 e. The quantitative estimate of drug-likeness (QED) is 0.846. The number of hydrogen-bond acceptors (Lipinski definition) is 3. The molecule has 104 valence electrons. The smallest absolute Gasteiger partial charge is 0.338 e. The van der Waals surface area contributed by atoms with E-state index in [1.165, 1.54) is 0 Å². The molecule has 0 aliphatic rings. The van der Waals surface area contributed by atoms with Crippen LogP contribution in [0.15, 0.2) is 17.0 Å². The summed E-state index contributed by atoms with van der Waals surface area (Å²) in [6.07, 6.45) is 0.642. The maximum Gasteiger partial charge on any atom is 0.338 e. The third kappa shape index (κ3) is 3.70. The van der Waals surface area contributed by atoms with E-state index in [2.05, 4.69) is 0 Å². The first-order valence-electron chi connectivity index (χ1n) is 5.63. The average molecular weight is 305 g/mol. The van der Waals surface area contributed by atoms with Crippen LogP contribution in [0.3, 0.4) is 0 Å². The summed E-state index contributed by atoms with van der Waals surface area (Å²) < 4.78 is 13.4. The van der Waals surface area contributed by atoms with Gasteiger partial charge in [0.05, 0.1) is 10.6 Å². The van der Waals surface area contributed by atoms with E-state index in [4.69, 9.17) is 16.7 Å². The number of thioether (sulfide) groups is 1. The van der Waals surface area contributed by atoms with Crippen molar-refractivity contribution >= 4 is 34.4 Å². The van der Waals surface area contributed by atoms with Gasteiger partial charge in [0.15, 0.2) is 5.12 Å². The molecule has 1 rings (SSSR count). The summed E-state index contributed by atoms with van der Waals surface area (Å²) in [5.74, 6) is -2.30. The Bertz CT molecular complexity index is 529. The lowest BCUT2D eigenvalue weighted by Gasteiger charge is -2.20. The van der Waals surface area contributed by atoms with Gasteiger partial charge in [0, 0.05) is 10.3 Å². The summed E-state index contributed by atoms with van der Waals surface area (Å²) in [5.41, 5.74) is -1.04. The van der Waals surface area contributed by atoms with Gasteiger partial charge in [-0.3, -0.25) is 4.79 Å². The number of carboxylic acids is 1. The highest BCUT2D eigenvalue weighted by Gasteiger charge is 2.27. The largest absolute Gasteiger partial charge is 0.478 e. The van der Waals surface area contributed by atoms with Gasteiger partial charge in [-0.1, -0.05) is 32.4 Å². The van der Waals surface area contributed by atoms with E-state index in [0.717, 1.165) is 23.9 Å². The van der Waals surface area contributed by atoms with Crippen molar-refractivity contribution in [2.75, 3.05) is 0 Å². The summed E-state index contributed by atoms with van der Waals surface area (Å²) in [4.78, 5) is 23.2. The molecule has 1 aromatic rings. The van der Waals surface area contributed by atoms with Crippen molar-refractivity contribution < 1.29 is 19.1 Å². The number of rotatable bonds is 4. The zero-order valence-corrected chi connectivity index (χ0v) is 12.4. The average Bonchev–Trinajstić information content (AvgIpc) is 2.31. The van der Waals surface area contributed by atoms with Gasteiger partial charge in [0.25, 0.3) is 0 Å². The minimum atomic E-state index is -1.39. The molecule has 0 saturated heterocycles. The lowest BCUT2D eigenvalue weighted by Crippen LogP contribution is -2.20. The van der Waals surface area contributed by atoms with Crippen LogP contribution in [0.1, 0.15) is 37.6 Å². The molecule has 0 aromatic heterocycles. The summed E-state index contributed by atoms with van der Waals surface area (Å²) in [6.45, 7) is 5.46. The third-order valence-corrected chi connectivity index (χ3v) is 4.61. The van der Waals surface area contributed by atoms with Crippen LogP contribution in [-0.4, -0.2) is 16.2 Å². The number of carboxylic acid groups (broad SMARTS) is 1. The summed E-state index contributed by atoms with van der Waals surface area (Å²) in [6, 6.07) is 2.01. The van der Waals surface area contributed by atoms with E-state index in [9.17, 15) is 14.0 Å². The summed E-state index contributed by atoms with van der Waals surface area (Å²) >= 11 is 6.68. The molecule has 0 aliphatic heterocycles. The van der Waals surface area contributed by atoms with Crippen LogP contribution in [0, 0.1) is 11.2 Å². The maximum absolute atomic E-state index is 13.4. The van der Waals surface area contributed by atoms with Crippen molar-refractivity contribution in [2.24, 2.45) is 5.41 Å². The second kappa shape index (κ2) is 5.92. The maximum atomic E-state index is 13.4. The van der Waals surface area contributed by atoms with Crippen molar-refractivity contribution in [3.05, 3.63) is 28.5 Å². The second-order valence-corrected chi connectivity index (χ2v) is 6.12. The summed E-state index contributed by atoms with van der Waals surface area (Å²) in [7, 11) is 0. The zero-order chi connectivity index (χ0) is 14.8. The van der Waals surface area contributed by atoms with Gasteiger partial charge in [-0.25, -0.2) is 9.18 Å². The van der Waals surface area contributed by atoms with Crippen LogP contribution < -0.4 is 0 Å². The van der Waals surface area contributed by atoms with Gasteiger partial charge in [-0.15, -0.1) is 0 Å².